The van der Waals surface area contributed by atoms with Gasteiger partial charge in [0.2, 0.25) is 5.91 Å². The molecule has 1 aromatic carbocycles. The van der Waals surface area contributed by atoms with Crippen LogP contribution in [-0.4, -0.2) is 31.6 Å². The van der Waals surface area contributed by atoms with Gasteiger partial charge in [0.1, 0.15) is 5.75 Å². The number of nitrogens with one attached hydrogen (secondary N) is 2. The number of amides is 1. The van der Waals surface area contributed by atoms with Gasteiger partial charge in [0, 0.05) is 19.0 Å². The van der Waals surface area contributed by atoms with E-state index in [1.54, 1.807) is 0 Å². The highest BCUT2D eigenvalue weighted by atomic mass is 35.5. The Balaban J connectivity index is 0.00000441. The number of hydrogen-bond acceptors (Lipinski definition) is 3. The van der Waals surface area contributed by atoms with Crippen LogP contribution in [0.1, 0.15) is 38.7 Å². The zero-order valence-electron chi connectivity index (χ0n) is 13.9. The molecule has 22 heavy (non-hydrogen) atoms. The smallest absolute Gasteiger partial charge is 0.220 e. The molecule has 0 aromatic heterocycles. The summed E-state index contributed by atoms with van der Waals surface area (Å²) < 4.78 is 5.66. The van der Waals surface area contributed by atoms with Gasteiger partial charge in [0.15, 0.2) is 0 Å². The molecule has 5 heteroatoms. The lowest BCUT2D eigenvalue weighted by molar-refractivity contribution is -0.121. The number of benzene rings is 1. The summed E-state index contributed by atoms with van der Waals surface area (Å²) in [6.07, 6.45) is 2.31. The molecule has 2 N–H and O–H groups in total. The molecule has 0 saturated carbocycles. The van der Waals surface area contributed by atoms with Crippen molar-refractivity contribution in [2.45, 2.75) is 46.1 Å². The molecule has 4 nitrogen and oxygen atoms in total. The third-order valence-electron chi connectivity index (χ3n) is 3.21. The Labute approximate surface area is 140 Å². The van der Waals surface area contributed by atoms with Gasteiger partial charge < -0.3 is 15.4 Å². The van der Waals surface area contributed by atoms with Crippen molar-refractivity contribution in [1.29, 1.82) is 0 Å². The van der Waals surface area contributed by atoms with Crippen molar-refractivity contribution in [3.8, 4) is 5.75 Å². The molecule has 1 atom stereocenters. The predicted octanol–water partition coefficient (Wildman–Crippen LogP) is 3.08. The quantitative estimate of drug-likeness (QED) is 0.649. The van der Waals surface area contributed by atoms with E-state index in [0.29, 0.717) is 25.6 Å². The van der Waals surface area contributed by atoms with Crippen LogP contribution in [0.15, 0.2) is 24.3 Å². The van der Waals surface area contributed by atoms with E-state index in [1.165, 1.54) is 5.56 Å². The number of carbonyl (C=O) groups is 1. The van der Waals surface area contributed by atoms with Gasteiger partial charge >= 0.3 is 0 Å². The summed E-state index contributed by atoms with van der Waals surface area (Å²) in [5, 5.41) is 6.21. The van der Waals surface area contributed by atoms with E-state index in [2.05, 4.69) is 24.5 Å². The topological polar surface area (TPSA) is 50.4 Å². The van der Waals surface area contributed by atoms with E-state index in [0.717, 1.165) is 25.1 Å². The van der Waals surface area contributed by atoms with E-state index in [9.17, 15) is 4.79 Å². The summed E-state index contributed by atoms with van der Waals surface area (Å²) in [7, 11) is 0. The molecule has 1 aromatic rings. The third kappa shape index (κ3) is 9.64. The largest absolute Gasteiger partial charge is 0.494 e. The zero-order chi connectivity index (χ0) is 15.5. The second kappa shape index (κ2) is 12.3. The Morgan fingerprint density at radius 2 is 2.09 bits per heavy atom. The average Bonchev–Trinajstić information content (AvgIpc) is 2.45. The second-order valence-corrected chi connectivity index (χ2v) is 5.38. The van der Waals surface area contributed by atoms with Crippen molar-refractivity contribution >= 4 is 18.3 Å². The van der Waals surface area contributed by atoms with Gasteiger partial charge in [0.05, 0.1) is 6.61 Å². The number of unbranched alkanes of at least 4 members (excludes halogenated alkanes) is 1. The van der Waals surface area contributed by atoms with Crippen molar-refractivity contribution in [2.24, 2.45) is 0 Å². The fraction of sp³-hybridized carbons (Fsp3) is 0.588. The Morgan fingerprint density at radius 1 is 1.32 bits per heavy atom. The van der Waals surface area contributed by atoms with Crippen LogP contribution in [0.2, 0.25) is 0 Å². The van der Waals surface area contributed by atoms with Gasteiger partial charge in [-0.1, -0.05) is 19.1 Å². The first kappa shape index (κ1) is 20.7. The molecule has 0 aliphatic heterocycles. The summed E-state index contributed by atoms with van der Waals surface area (Å²) >= 11 is 0. The lowest BCUT2D eigenvalue weighted by atomic mass is 10.2. The third-order valence-corrected chi connectivity index (χ3v) is 3.21. The van der Waals surface area contributed by atoms with Crippen LogP contribution in [0, 0.1) is 6.92 Å². The second-order valence-electron chi connectivity index (χ2n) is 5.38. The zero-order valence-corrected chi connectivity index (χ0v) is 14.7. The minimum Gasteiger partial charge on any atom is -0.494 e. The van der Waals surface area contributed by atoms with Crippen molar-refractivity contribution in [2.75, 3.05) is 19.7 Å². The van der Waals surface area contributed by atoms with Gasteiger partial charge in [-0.3, -0.25) is 4.79 Å². The molecular weight excluding hydrogens is 300 g/mol. The molecule has 0 unspecified atom stereocenters. The highest BCUT2D eigenvalue weighted by Crippen LogP contribution is 2.12. The molecule has 0 aliphatic rings. The molecule has 0 aliphatic carbocycles. The number of ether oxygens (including phenoxy) is 1. The maximum absolute atomic E-state index is 11.6. The fourth-order valence-electron chi connectivity index (χ4n) is 2.06. The van der Waals surface area contributed by atoms with E-state index >= 15 is 0 Å². The lowest BCUT2D eigenvalue weighted by Crippen LogP contribution is -2.38. The molecule has 126 valence electrons. The fourth-order valence-corrected chi connectivity index (χ4v) is 2.06. The van der Waals surface area contributed by atoms with Gasteiger partial charge in [0.25, 0.3) is 0 Å². The molecule has 1 rings (SSSR count). The minimum atomic E-state index is 0. The maximum atomic E-state index is 11.6. The highest BCUT2D eigenvalue weighted by molar-refractivity contribution is 5.85. The normalized spacial score (nSPS) is 11.4. The molecule has 0 bridgehead atoms. The molecule has 0 radical (unpaired) electrons. The van der Waals surface area contributed by atoms with Crippen LogP contribution < -0.4 is 15.4 Å². The number of halogens is 1. The molecule has 0 spiro atoms. The first-order valence-electron chi connectivity index (χ1n) is 7.81. The van der Waals surface area contributed by atoms with Crippen LogP contribution in [0.4, 0.5) is 0 Å². The van der Waals surface area contributed by atoms with Gasteiger partial charge in [-0.05, 0) is 50.9 Å². The first-order chi connectivity index (χ1) is 10.1. The van der Waals surface area contributed by atoms with Crippen molar-refractivity contribution < 1.29 is 9.53 Å². The van der Waals surface area contributed by atoms with E-state index < -0.39 is 0 Å². The van der Waals surface area contributed by atoms with Crippen LogP contribution in [0.5, 0.6) is 5.75 Å². The molecule has 0 fully saturated rings. The molecule has 1 amide bonds. The lowest BCUT2D eigenvalue weighted by Gasteiger charge is -2.13. The SMILES string of the molecule is CCN[C@H](C)CNC(=O)CCCCOc1cccc(C)c1.Cl. The Bertz CT molecular complexity index is 427. The number of hydrogen-bond donors (Lipinski definition) is 2. The summed E-state index contributed by atoms with van der Waals surface area (Å²) in [5.74, 6) is 1.02. The summed E-state index contributed by atoms with van der Waals surface area (Å²) in [5.41, 5.74) is 1.20. The Morgan fingerprint density at radius 3 is 2.77 bits per heavy atom. The van der Waals surface area contributed by atoms with Crippen LogP contribution >= 0.6 is 12.4 Å². The average molecular weight is 329 g/mol. The summed E-state index contributed by atoms with van der Waals surface area (Å²) in [4.78, 5) is 11.6. The number of likely N-dealkylation sites (N-methyl/N-ethyl adjacent to an activating group) is 1. The predicted molar refractivity (Wildman–Crippen MR) is 93.9 cm³/mol. The monoisotopic (exact) mass is 328 g/mol. The summed E-state index contributed by atoms with van der Waals surface area (Å²) in [6.45, 7) is 8.45. The summed E-state index contributed by atoms with van der Waals surface area (Å²) in [6, 6.07) is 8.34. The minimum absolute atomic E-state index is 0. The van der Waals surface area contributed by atoms with Crippen molar-refractivity contribution in [3.63, 3.8) is 0 Å². The van der Waals surface area contributed by atoms with Gasteiger partial charge in [-0.2, -0.15) is 0 Å². The Kier molecular flexibility index (Phi) is 11.6. The van der Waals surface area contributed by atoms with Crippen LogP contribution in [-0.2, 0) is 4.79 Å². The molecule has 0 saturated heterocycles. The Hall–Kier alpha value is -1.26. The molecule has 0 heterocycles. The number of aryl methyl sites for hydroxylation is 1. The first-order valence-corrected chi connectivity index (χ1v) is 7.81. The van der Waals surface area contributed by atoms with E-state index in [-0.39, 0.29) is 18.3 Å². The molecular formula is C17H29ClN2O2. The van der Waals surface area contributed by atoms with Gasteiger partial charge in [-0.15, -0.1) is 12.4 Å². The van der Waals surface area contributed by atoms with Crippen LogP contribution in [0.3, 0.4) is 0 Å². The maximum Gasteiger partial charge on any atom is 0.220 e. The standard InChI is InChI=1S/C17H28N2O2.ClH/c1-4-18-15(3)13-19-17(20)10-5-6-11-21-16-9-7-8-14(2)12-16;/h7-9,12,15,18H,4-6,10-11,13H2,1-3H3,(H,19,20);1H/t15-;/m1./s1. The van der Waals surface area contributed by atoms with Crippen molar-refractivity contribution in [1.82, 2.24) is 10.6 Å². The van der Waals surface area contributed by atoms with E-state index in [1.807, 2.05) is 31.2 Å². The number of carbonyl (C=O) groups excluding carboxylic acids is 1. The van der Waals surface area contributed by atoms with Crippen molar-refractivity contribution in [3.05, 3.63) is 29.8 Å². The van der Waals surface area contributed by atoms with Gasteiger partial charge in [-0.25, -0.2) is 0 Å². The van der Waals surface area contributed by atoms with Crippen LogP contribution in [0.25, 0.3) is 0 Å². The highest BCUT2D eigenvalue weighted by Gasteiger charge is 2.04. The van der Waals surface area contributed by atoms with E-state index in [4.69, 9.17) is 4.74 Å². The number of rotatable bonds is 10.